The van der Waals surface area contributed by atoms with Crippen LogP contribution in [-0.2, 0) is 43.8 Å². The molecule has 8 aromatic carbocycles. The standard InChI is InChI=1S/C68H63N5O10S/c1-45(69-66(82)83-43-56-54-38-22-20-36-52(54)53-37-21-23-39-55(53)56)62(77)71-58(42-60(74)73-67(46-24-8-2-9-25-46,47-26-10-3-11-27-47)48-28-12-4-13-29-48)63(78)72-59(64(79)70-57(65(80)81)40-41-61(75)76)44-84-68(49-30-14-5-15-31-49,50-32-16-6-17-33-50)51-34-18-7-19-35-51/h2-39,45,56-59H,40-44H2,1H3,(H,69,82)(H,70,79)(H,71,77)(H,72,78)(H,73,74)(H,75,76)(H,80,81)/t45-,57-,58-,59-/m0/s1. The summed E-state index contributed by atoms with van der Waals surface area (Å²) in [7, 11) is 0. The van der Waals surface area contributed by atoms with Gasteiger partial charge in [-0.2, -0.15) is 0 Å². The predicted octanol–water partition coefficient (Wildman–Crippen LogP) is 9.54. The smallest absolute Gasteiger partial charge is 0.407 e. The van der Waals surface area contributed by atoms with Gasteiger partial charge in [0.2, 0.25) is 23.6 Å². The van der Waals surface area contributed by atoms with Gasteiger partial charge in [-0.25, -0.2) is 9.59 Å². The van der Waals surface area contributed by atoms with E-state index in [1.165, 1.54) is 18.7 Å². The quantitative estimate of drug-likeness (QED) is 0.0267. The Balaban J connectivity index is 1.05. The Morgan fingerprint density at radius 1 is 0.476 bits per heavy atom. The molecule has 5 amide bonds. The molecule has 0 fully saturated rings. The highest BCUT2D eigenvalue weighted by Crippen LogP contribution is 2.49. The average Bonchev–Trinajstić information content (AvgIpc) is 3.08. The van der Waals surface area contributed by atoms with Crippen molar-refractivity contribution >= 4 is 53.4 Å². The van der Waals surface area contributed by atoms with Gasteiger partial charge in [-0.3, -0.25) is 24.0 Å². The summed E-state index contributed by atoms with van der Waals surface area (Å²) in [6, 6.07) is 65.6. The van der Waals surface area contributed by atoms with Gasteiger partial charge in [0.25, 0.3) is 0 Å². The number of carboxylic acid groups (broad SMARTS) is 2. The van der Waals surface area contributed by atoms with Crippen molar-refractivity contribution in [3.05, 3.63) is 275 Å². The van der Waals surface area contributed by atoms with E-state index in [1.54, 1.807) is 0 Å². The first kappa shape index (κ1) is 58.8. The molecule has 0 bridgehead atoms. The summed E-state index contributed by atoms with van der Waals surface area (Å²) in [4.78, 5) is 97.9. The number of aliphatic carboxylic acids is 2. The molecule has 9 rings (SSSR count). The average molecular weight is 1140 g/mol. The molecule has 15 nitrogen and oxygen atoms in total. The van der Waals surface area contributed by atoms with Crippen molar-refractivity contribution in [1.29, 1.82) is 0 Å². The van der Waals surface area contributed by atoms with Crippen molar-refractivity contribution in [1.82, 2.24) is 26.6 Å². The van der Waals surface area contributed by atoms with Crippen molar-refractivity contribution in [2.24, 2.45) is 0 Å². The number of hydrogen-bond donors (Lipinski definition) is 7. The number of hydrogen-bond acceptors (Lipinski definition) is 9. The lowest BCUT2D eigenvalue weighted by atomic mass is 9.77. The topological polar surface area (TPSA) is 229 Å². The number of benzene rings is 8. The largest absolute Gasteiger partial charge is 0.481 e. The lowest BCUT2D eigenvalue weighted by molar-refractivity contribution is -0.143. The van der Waals surface area contributed by atoms with Crippen LogP contribution in [0.25, 0.3) is 11.1 Å². The molecule has 1 aliphatic rings. The lowest BCUT2D eigenvalue weighted by Crippen LogP contribution is -2.59. The van der Waals surface area contributed by atoms with Gasteiger partial charge >= 0.3 is 18.0 Å². The number of alkyl carbamates (subject to hydrolysis) is 1. The van der Waals surface area contributed by atoms with Crippen LogP contribution in [0.5, 0.6) is 0 Å². The molecule has 0 aromatic heterocycles. The molecule has 1 aliphatic carbocycles. The molecule has 0 radical (unpaired) electrons. The van der Waals surface area contributed by atoms with E-state index in [0.29, 0.717) is 16.7 Å². The van der Waals surface area contributed by atoms with Crippen LogP contribution >= 0.6 is 11.8 Å². The summed E-state index contributed by atoms with van der Waals surface area (Å²) >= 11 is 1.27. The van der Waals surface area contributed by atoms with E-state index in [-0.39, 0.29) is 18.3 Å². The van der Waals surface area contributed by atoms with Crippen LogP contribution in [-0.4, -0.2) is 88.4 Å². The fraction of sp³-hybridized carbons (Fsp3) is 0.191. The van der Waals surface area contributed by atoms with E-state index in [0.717, 1.165) is 38.9 Å². The van der Waals surface area contributed by atoms with Crippen LogP contribution in [0.3, 0.4) is 0 Å². The minimum absolute atomic E-state index is 0.0496. The summed E-state index contributed by atoms with van der Waals surface area (Å²) in [5, 5.41) is 33.6. The summed E-state index contributed by atoms with van der Waals surface area (Å²) in [5.74, 6) is -6.91. The Morgan fingerprint density at radius 2 is 0.857 bits per heavy atom. The molecule has 0 aliphatic heterocycles. The van der Waals surface area contributed by atoms with Crippen LogP contribution in [0.15, 0.2) is 231 Å². The maximum Gasteiger partial charge on any atom is 0.407 e. The number of carbonyl (C=O) groups is 7. The van der Waals surface area contributed by atoms with Crippen LogP contribution < -0.4 is 26.6 Å². The maximum absolute atomic E-state index is 15.4. The number of carbonyl (C=O) groups excluding carboxylic acids is 5. The van der Waals surface area contributed by atoms with E-state index in [2.05, 4.69) is 26.6 Å². The molecular formula is C68H63N5O10S. The first-order valence-corrected chi connectivity index (χ1v) is 28.5. The van der Waals surface area contributed by atoms with Crippen molar-refractivity contribution < 1.29 is 48.5 Å². The van der Waals surface area contributed by atoms with Crippen molar-refractivity contribution in [3.8, 4) is 11.1 Å². The van der Waals surface area contributed by atoms with Crippen LogP contribution in [0, 0.1) is 0 Å². The molecule has 8 aromatic rings. The van der Waals surface area contributed by atoms with Crippen molar-refractivity contribution in [2.45, 2.75) is 66.6 Å². The third-order valence-corrected chi connectivity index (χ3v) is 16.6. The zero-order chi connectivity index (χ0) is 59.1. The minimum atomic E-state index is -1.76. The second kappa shape index (κ2) is 27.3. The molecule has 0 unspecified atom stereocenters. The second-order valence-corrected chi connectivity index (χ2v) is 21.6. The summed E-state index contributed by atoms with van der Waals surface area (Å²) in [6.07, 6.45) is -2.71. The van der Waals surface area contributed by atoms with E-state index < -0.39 is 95.4 Å². The first-order chi connectivity index (χ1) is 40.8. The molecule has 0 saturated heterocycles. The van der Waals surface area contributed by atoms with Crippen molar-refractivity contribution in [3.63, 3.8) is 0 Å². The number of thioether (sulfide) groups is 1. The number of fused-ring (bicyclic) bond motifs is 3. The summed E-state index contributed by atoms with van der Waals surface area (Å²) in [5.41, 5.74) is 7.09. The Bertz CT molecular complexity index is 3340. The zero-order valence-corrected chi connectivity index (χ0v) is 46.7. The van der Waals surface area contributed by atoms with E-state index in [9.17, 15) is 34.2 Å². The van der Waals surface area contributed by atoms with Gasteiger partial charge in [-0.1, -0.05) is 231 Å². The molecule has 0 saturated carbocycles. The Morgan fingerprint density at radius 3 is 1.29 bits per heavy atom. The number of amides is 5. The first-order valence-electron chi connectivity index (χ1n) is 27.5. The highest BCUT2D eigenvalue weighted by molar-refractivity contribution is 8.00. The van der Waals surface area contributed by atoms with Crippen LogP contribution in [0.1, 0.15) is 76.6 Å². The lowest BCUT2D eigenvalue weighted by Gasteiger charge is -2.37. The predicted molar refractivity (Wildman–Crippen MR) is 322 cm³/mol. The molecule has 0 heterocycles. The fourth-order valence-corrected chi connectivity index (χ4v) is 12.4. The van der Waals surface area contributed by atoms with Gasteiger partial charge in [0.15, 0.2) is 0 Å². The normalized spacial score (nSPS) is 13.3. The van der Waals surface area contributed by atoms with Gasteiger partial charge in [-0.15, -0.1) is 11.8 Å². The van der Waals surface area contributed by atoms with Gasteiger partial charge in [0.05, 0.1) is 11.2 Å². The van der Waals surface area contributed by atoms with E-state index in [4.69, 9.17) is 4.74 Å². The summed E-state index contributed by atoms with van der Waals surface area (Å²) < 4.78 is 4.71. The number of rotatable bonds is 25. The molecule has 16 heteroatoms. The Hall–Kier alpha value is -9.80. The van der Waals surface area contributed by atoms with E-state index >= 15 is 9.59 Å². The summed E-state index contributed by atoms with van der Waals surface area (Å²) in [6.45, 7) is 1.34. The van der Waals surface area contributed by atoms with Crippen molar-refractivity contribution in [2.75, 3.05) is 12.4 Å². The highest BCUT2D eigenvalue weighted by atomic mass is 32.2. The maximum atomic E-state index is 15.4. The molecule has 426 valence electrons. The third kappa shape index (κ3) is 13.4. The highest BCUT2D eigenvalue weighted by Gasteiger charge is 2.42. The number of nitrogens with one attached hydrogen (secondary N) is 5. The zero-order valence-electron chi connectivity index (χ0n) is 45.9. The van der Waals surface area contributed by atoms with Gasteiger partial charge < -0.3 is 41.5 Å². The molecule has 0 spiro atoms. The van der Waals surface area contributed by atoms with Gasteiger partial charge in [0.1, 0.15) is 36.3 Å². The second-order valence-electron chi connectivity index (χ2n) is 20.3. The molecule has 84 heavy (non-hydrogen) atoms. The van der Waals surface area contributed by atoms with Crippen LogP contribution in [0.4, 0.5) is 4.79 Å². The van der Waals surface area contributed by atoms with Gasteiger partial charge in [0, 0.05) is 18.1 Å². The number of carboxylic acids is 2. The molecule has 7 N–H and O–H groups in total. The molecular weight excluding hydrogens is 1080 g/mol. The Labute approximate surface area is 491 Å². The third-order valence-electron chi connectivity index (χ3n) is 14.9. The fourth-order valence-electron chi connectivity index (χ4n) is 10.8. The monoisotopic (exact) mass is 1140 g/mol. The SMILES string of the molecule is C[C@H](NC(=O)OCC1c2ccccc2-c2ccccc21)C(=O)N[C@@H](CC(=O)NC(c1ccccc1)(c1ccccc1)c1ccccc1)C(=O)N[C@@H](CSC(c1ccccc1)(c1ccccc1)c1ccccc1)C(=O)N[C@@H](CCC(=O)O)C(=O)O. The van der Waals surface area contributed by atoms with Crippen LogP contribution in [0.2, 0.25) is 0 Å². The Kier molecular flexibility index (Phi) is 19.1. The van der Waals surface area contributed by atoms with E-state index in [1.807, 2.05) is 231 Å². The minimum Gasteiger partial charge on any atom is -0.481 e. The number of ether oxygens (including phenoxy) is 1. The molecule has 4 atom stereocenters. The van der Waals surface area contributed by atoms with Gasteiger partial charge in [-0.05, 0) is 69.0 Å².